The Morgan fingerprint density at radius 1 is 1.41 bits per heavy atom. The number of rotatable bonds is 4. The number of thioether (sulfide) groups is 1. The van der Waals surface area contributed by atoms with E-state index < -0.39 is 0 Å². The van der Waals surface area contributed by atoms with Crippen molar-refractivity contribution in [3.05, 3.63) is 57.4 Å². The van der Waals surface area contributed by atoms with E-state index in [0.29, 0.717) is 22.1 Å². The summed E-state index contributed by atoms with van der Waals surface area (Å²) in [4.78, 5) is 20.8. The second-order valence-corrected chi connectivity index (χ2v) is 6.08. The average Bonchev–Trinajstić information content (AvgIpc) is 2.86. The van der Waals surface area contributed by atoms with Gasteiger partial charge in [-0.1, -0.05) is 23.4 Å². The standard InChI is InChI=1S/C14H13ClN4O2S/c1-18-11(7-20)5-16-14(18)22-8-10-4-13(21)19-6-9(15)2-3-12(19)17-10/h2-6,20H,7-8H2,1H3. The van der Waals surface area contributed by atoms with Crippen LogP contribution in [0, 0.1) is 0 Å². The van der Waals surface area contributed by atoms with E-state index in [9.17, 15) is 4.79 Å². The van der Waals surface area contributed by atoms with Gasteiger partial charge < -0.3 is 9.67 Å². The number of aliphatic hydroxyl groups is 1. The number of nitrogens with zero attached hydrogens (tertiary/aromatic N) is 4. The number of hydrogen-bond donors (Lipinski definition) is 1. The Kier molecular flexibility index (Phi) is 4.19. The molecule has 114 valence electrons. The Labute approximate surface area is 135 Å². The molecule has 0 amide bonds. The Bertz CT molecular complexity index is 890. The molecule has 1 N–H and O–H groups in total. The lowest BCUT2D eigenvalue weighted by molar-refractivity contribution is 0.271. The number of pyridine rings is 1. The van der Waals surface area contributed by atoms with E-state index >= 15 is 0 Å². The van der Waals surface area contributed by atoms with Gasteiger partial charge in [0.2, 0.25) is 0 Å². The number of fused-ring (bicyclic) bond motifs is 1. The van der Waals surface area contributed by atoms with E-state index in [-0.39, 0.29) is 12.2 Å². The van der Waals surface area contributed by atoms with E-state index in [0.717, 1.165) is 10.9 Å². The molecule has 0 aliphatic rings. The van der Waals surface area contributed by atoms with Crippen molar-refractivity contribution >= 4 is 29.0 Å². The van der Waals surface area contributed by atoms with Gasteiger partial charge in [-0.15, -0.1) is 0 Å². The van der Waals surface area contributed by atoms with Crippen molar-refractivity contribution in [1.29, 1.82) is 0 Å². The summed E-state index contributed by atoms with van der Waals surface area (Å²) in [5, 5.41) is 10.4. The zero-order valence-electron chi connectivity index (χ0n) is 11.7. The van der Waals surface area contributed by atoms with Crippen LogP contribution in [0.4, 0.5) is 0 Å². The zero-order valence-corrected chi connectivity index (χ0v) is 13.3. The lowest BCUT2D eigenvalue weighted by Crippen LogP contribution is -2.15. The Morgan fingerprint density at radius 2 is 2.23 bits per heavy atom. The molecule has 0 fully saturated rings. The number of aliphatic hydroxyl groups excluding tert-OH is 1. The number of halogens is 1. The normalized spacial score (nSPS) is 11.2. The van der Waals surface area contributed by atoms with Crippen LogP contribution in [-0.4, -0.2) is 24.0 Å². The number of hydrogen-bond acceptors (Lipinski definition) is 5. The number of aromatic nitrogens is 4. The molecule has 0 saturated heterocycles. The molecular weight excluding hydrogens is 324 g/mol. The van der Waals surface area contributed by atoms with Crippen molar-refractivity contribution in [2.45, 2.75) is 17.5 Å². The fourth-order valence-corrected chi connectivity index (χ4v) is 3.07. The molecule has 0 radical (unpaired) electrons. The first kappa shape index (κ1) is 15.1. The Morgan fingerprint density at radius 3 is 2.95 bits per heavy atom. The summed E-state index contributed by atoms with van der Waals surface area (Å²) in [5.74, 6) is 0.518. The van der Waals surface area contributed by atoms with Crippen molar-refractivity contribution in [1.82, 2.24) is 18.9 Å². The van der Waals surface area contributed by atoms with Gasteiger partial charge in [-0.25, -0.2) is 9.97 Å². The van der Waals surface area contributed by atoms with Crippen LogP contribution in [0.25, 0.3) is 5.65 Å². The van der Waals surface area contributed by atoms with Gasteiger partial charge in [0, 0.05) is 25.1 Å². The lowest BCUT2D eigenvalue weighted by Gasteiger charge is -2.05. The fraction of sp³-hybridized carbons (Fsp3) is 0.214. The molecular formula is C14H13ClN4O2S. The topological polar surface area (TPSA) is 72.4 Å². The van der Waals surface area contributed by atoms with Crippen molar-refractivity contribution < 1.29 is 5.11 Å². The smallest absolute Gasteiger partial charge is 0.258 e. The highest BCUT2D eigenvalue weighted by Crippen LogP contribution is 2.21. The van der Waals surface area contributed by atoms with Crippen LogP contribution in [0.3, 0.4) is 0 Å². The van der Waals surface area contributed by atoms with Gasteiger partial charge in [0.15, 0.2) is 5.16 Å². The van der Waals surface area contributed by atoms with E-state index in [4.69, 9.17) is 16.7 Å². The minimum atomic E-state index is -0.168. The Balaban J connectivity index is 1.86. The molecule has 0 saturated carbocycles. The van der Waals surface area contributed by atoms with Crippen LogP contribution >= 0.6 is 23.4 Å². The number of imidazole rings is 1. The summed E-state index contributed by atoms with van der Waals surface area (Å²) < 4.78 is 3.24. The first-order valence-corrected chi connectivity index (χ1v) is 7.87. The quantitative estimate of drug-likeness (QED) is 0.736. The molecule has 3 aromatic heterocycles. The van der Waals surface area contributed by atoms with Crippen molar-refractivity contribution in [2.75, 3.05) is 0 Å². The van der Waals surface area contributed by atoms with Crippen LogP contribution in [0.2, 0.25) is 5.02 Å². The van der Waals surface area contributed by atoms with Crippen molar-refractivity contribution in [2.24, 2.45) is 7.05 Å². The molecule has 0 atom stereocenters. The van der Waals surface area contributed by atoms with Gasteiger partial charge in [-0.3, -0.25) is 9.20 Å². The summed E-state index contributed by atoms with van der Waals surface area (Å²) >= 11 is 7.34. The third-order valence-electron chi connectivity index (χ3n) is 3.23. The summed E-state index contributed by atoms with van der Waals surface area (Å²) in [6.07, 6.45) is 3.18. The van der Waals surface area contributed by atoms with Gasteiger partial charge in [0.1, 0.15) is 5.65 Å². The van der Waals surface area contributed by atoms with E-state index in [1.54, 1.807) is 24.5 Å². The molecule has 0 aromatic carbocycles. The van der Waals surface area contributed by atoms with Gasteiger partial charge >= 0.3 is 0 Å². The van der Waals surface area contributed by atoms with Gasteiger partial charge in [-0.05, 0) is 12.1 Å². The molecule has 3 rings (SSSR count). The summed E-state index contributed by atoms with van der Waals surface area (Å²) in [6, 6.07) is 4.90. The molecule has 3 heterocycles. The molecule has 0 bridgehead atoms. The maximum atomic E-state index is 12.1. The van der Waals surface area contributed by atoms with E-state index in [1.807, 2.05) is 11.6 Å². The second kappa shape index (κ2) is 6.12. The van der Waals surface area contributed by atoms with Crippen LogP contribution < -0.4 is 5.56 Å². The van der Waals surface area contributed by atoms with Gasteiger partial charge in [0.25, 0.3) is 5.56 Å². The predicted octanol–water partition coefficient (Wildman–Crippen LogP) is 1.87. The Hall–Kier alpha value is -1.83. The predicted molar refractivity (Wildman–Crippen MR) is 85.2 cm³/mol. The highest BCUT2D eigenvalue weighted by atomic mass is 35.5. The molecule has 0 aliphatic heterocycles. The molecule has 0 aliphatic carbocycles. The third kappa shape index (κ3) is 2.87. The summed E-state index contributed by atoms with van der Waals surface area (Å²) in [7, 11) is 1.84. The van der Waals surface area contributed by atoms with Crippen LogP contribution in [0.5, 0.6) is 0 Å². The minimum absolute atomic E-state index is 0.0552. The van der Waals surface area contributed by atoms with Crippen molar-refractivity contribution in [3.63, 3.8) is 0 Å². The average molecular weight is 337 g/mol. The lowest BCUT2D eigenvalue weighted by atomic mass is 10.4. The van der Waals surface area contributed by atoms with Crippen LogP contribution in [-0.2, 0) is 19.4 Å². The fourth-order valence-electron chi connectivity index (χ4n) is 2.05. The van der Waals surface area contributed by atoms with Gasteiger partial charge in [-0.2, -0.15) is 0 Å². The molecule has 22 heavy (non-hydrogen) atoms. The van der Waals surface area contributed by atoms with E-state index in [2.05, 4.69) is 9.97 Å². The molecule has 6 nitrogen and oxygen atoms in total. The minimum Gasteiger partial charge on any atom is -0.390 e. The third-order valence-corrected chi connectivity index (χ3v) is 4.53. The summed E-state index contributed by atoms with van der Waals surface area (Å²) in [5.41, 5.74) is 1.80. The maximum Gasteiger partial charge on any atom is 0.258 e. The molecule has 3 aromatic rings. The zero-order chi connectivity index (χ0) is 15.7. The SMILES string of the molecule is Cn1c(CO)cnc1SCc1cc(=O)n2cc(Cl)ccc2n1. The first-order chi connectivity index (χ1) is 10.6. The molecule has 0 spiro atoms. The highest BCUT2D eigenvalue weighted by Gasteiger charge is 2.08. The monoisotopic (exact) mass is 336 g/mol. The van der Waals surface area contributed by atoms with Crippen molar-refractivity contribution in [3.8, 4) is 0 Å². The van der Waals surface area contributed by atoms with Gasteiger partial charge in [0.05, 0.1) is 29.2 Å². The highest BCUT2D eigenvalue weighted by molar-refractivity contribution is 7.98. The second-order valence-electron chi connectivity index (χ2n) is 4.70. The molecule has 0 unspecified atom stereocenters. The van der Waals surface area contributed by atoms with Crippen LogP contribution in [0.1, 0.15) is 11.4 Å². The van der Waals surface area contributed by atoms with E-state index in [1.165, 1.54) is 22.2 Å². The summed E-state index contributed by atoms with van der Waals surface area (Å²) in [6.45, 7) is -0.0552. The first-order valence-electron chi connectivity index (χ1n) is 6.50. The largest absolute Gasteiger partial charge is 0.390 e. The maximum absolute atomic E-state index is 12.1. The molecule has 8 heteroatoms. The van der Waals surface area contributed by atoms with Crippen LogP contribution in [0.15, 0.2) is 40.5 Å².